The van der Waals surface area contributed by atoms with Gasteiger partial charge in [-0.3, -0.25) is 4.79 Å². The van der Waals surface area contributed by atoms with Crippen LogP contribution in [-0.4, -0.2) is 32.1 Å². The summed E-state index contributed by atoms with van der Waals surface area (Å²) in [5.41, 5.74) is 0. The maximum atomic E-state index is 12.6. The van der Waals surface area contributed by atoms with Gasteiger partial charge in [0, 0.05) is 0 Å². The maximum absolute atomic E-state index is 12.6. The number of halogens is 1. The largest absolute Gasteiger partial charge is 0.489 e. The van der Waals surface area contributed by atoms with Gasteiger partial charge in [-0.15, -0.1) is 0 Å². The van der Waals surface area contributed by atoms with Gasteiger partial charge in [-0.1, -0.05) is 0 Å². The van der Waals surface area contributed by atoms with Crippen molar-refractivity contribution in [1.29, 1.82) is 0 Å². The van der Waals surface area contributed by atoms with E-state index in [9.17, 15) is 9.18 Å². The maximum Gasteiger partial charge on any atom is 0.234 e. The lowest BCUT2D eigenvalue weighted by atomic mass is 10.3. The number of nitrogens with one attached hydrogen (secondary N) is 2. The Morgan fingerprint density at radius 1 is 1.41 bits per heavy atom. The molecular weight excluding hydrogens is 223 g/mol. The van der Waals surface area contributed by atoms with Crippen LogP contribution in [0.2, 0.25) is 0 Å². The number of ether oxygens (including phenoxy) is 1. The SMILES string of the molecule is CNCC(=O)NCC(C)Oc1ccc(F)cc1. The van der Waals surface area contributed by atoms with Crippen molar-refractivity contribution in [1.82, 2.24) is 10.6 Å². The first-order valence-corrected chi connectivity index (χ1v) is 5.45. The lowest BCUT2D eigenvalue weighted by Gasteiger charge is -2.15. The first kappa shape index (κ1) is 13.4. The first-order valence-electron chi connectivity index (χ1n) is 5.45. The van der Waals surface area contributed by atoms with Crippen molar-refractivity contribution >= 4 is 5.91 Å². The molecule has 1 amide bonds. The van der Waals surface area contributed by atoms with Crippen LogP contribution in [0, 0.1) is 5.82 Å². The first-order chi connectivity index (χ1) is 8.11. The number of hydrogen-bond donors (Lipinski definition) is 2. The second-order valence-electron chi connectivity index (χ2n) is 3.72. The molecule has 4 nitrogen and oxygen atoms in total. The third kappa shape index (κ3) is 5.31. The molecule has 2 N–H and O–H groups in total. The molecule has 0 fully saturated rings. The Morgan fingerprint density at radius 2 is 2.06 bits per heavy atom. The zero-order valence-corrected chi connectivity index (χ0v) is 10.00. The predicted octanol–water partition coefficient (Wildman–Crippen LogP) is 0.929. The minimum atomic E-state index is -0.299. The van der Waals surface area contributed by atoms with Gasteiger partial charge in [0.2, 0.25) is 5.91 Å². The van der Waals surface area contributed by atoms with Gasteiger partial charge in [0.25, 0.3) is 0 Å². The average molecular weight is 240 g/mol. The highest BCUT2D eigenvalue weighted by atomic mass is 19.1. The van der Waals surface area contributed by atoms with Crippen molar-refractivity contribution in [3.8, 4) is 5.75 Å². The molecule has 0 bridgehead atoms. The fourth-order valence-corrected chi connectivity index (χ4v) is 1.27. The van der Waals surface area contributed by atoms with Crippen molar-refractivity contribution in [3.05, 3.63) is 30.1 Å². The van der Waals surface area contributed by atoms with Crippen LogP contribution in [0.15, 0.2) is 24.3 Å². The average Bonchev–Trinajstić information content (AvgIpc) is 2.30. The number of carbonyl (C=O) groups excluding carboxylic acids is 1. The number of rotatable bonds is 6. The van der Waals surface area contributed by atoms with E-state index in [0.717, 1.165) is 0 Å². The van der Waals surface area contributed by atoms with Crippen LogP contribution in [0.1, 0.15) is 6.92 Å². The second kappa shape index (κ2) is 6.85. The zero-order chi connectivity index (χ0) is 12.7. The summed E-state index contributed by atoms with van der Waals surface area (Å²) < 4.78 is 18.1. The Bertz CT molecular complexity index is 354. The van der Waals surface area contributed by atoms with E-state index < -0.39 is 0 Å². The highest BCUT2D eigenvalue weighted by Crippen LogP contribution is 2.12. The number of benzene rings is 1. The topological polar surface area (TPSA) is 50.4 Å². The number of carbonyl (C=O) groups is 1. The van der Waals surface area contributed by atoms with Gasteiger partial charge >= 0.3 is 0 Å². The van der Waals surface area contributed by atoms with Crippen LogP contribution in [0.3, 0.4) is 0 Å². The fourth-order valence-electron chi connectivity index (χ4n) is 1.27. The molecule has 1 unspecified atom stereocenters. The lowest BCUT2D eigenvalue weighted by Crippen LogP contribution is -2.38. The summed E-state index contributed by atoms with van der Waals surface area (Å²) in [6, 6.07) is 5.78. The molecule has 1 aromatic carbocycles. The molecule has 0 aromatic heterocycles. The van der Waals surface area contributed by atoms with E-state index in [1.54, 1.807) is 19.2 Å². The van der Waals surface area contributed by atoms with Crippen LogP contribution in [0.4, 0.5) is 4.39 Å². The minimum absolute atomic E-state index is 0.0814. The Kier molecular flexibility index (Phi) is 5.42. The lowest BCUT2D eigenvalue weighted by molar-refractivity contribution is -0.120. The molecule has 0 heterocycles. The van der Waals surface area contributed by atoms with Crippen molar-refractivity contribution in [3.63, 3.8) is 0 Å². The molecule has 1 aromatic rings. The van der Waals surface area contributed by atoms with Crippen LogP contribution in [0.5, 0.6) is 5.75 Å². The zero-order valence-electron chi connectivity index (χ0n) is 10.00. The van der Waals surface area contributed by atoms with Crippen molar-refractivity contribution in [2.24, 2.45) is 0 Å². The van der Waals surface area contributed by atoms with Crippen LogP contribution < -0.4 is 15.4 Å². The molecule has 1 rings (SSSR count). The molecular formula is C12H17FN2O2. The van der Waals surface area contributed by atoms with E-state index in [0.29, 0.717) is 12.3 Å². The van der Waals surface area contributed by atoms with Crippen molar-refractivity contribution < 1.29 is 13.9 Å². The Morgan fingerprint density at radius 3 is 2.65 bits per heavy atom. The molecule has 0 aliphatic carbocycles. The summed E-state index contributed by atoms with van der Waals surface area (Å²) in [5, 5.41) is 5.47. The van der Waals surface area contributed by atoms with Crippen LogP contribution in [0.25, 0.3) is 0 Å². The van der Waals surface area contributed by atoms with Gasteiger partial charge in [-0.05, 0) is 38.2 Å². The fraction of sp³-hybridized carbons (Fsp3) is 0.417. The monoisotopic (exact) mass is 240 g/mol. The van der Waals surface area contributed by atoms with Gasteiger partial charge in [-0.2, -0.15) is 0 Å². The summed E-state index contributed by atoms with van der Waals surface area (Å²) in [4.78, 5) is 11.2. The molecule has 0 aliphatic heterocycles. The molecule has 0 aliphatic rings. The van der Waals surface area contributed by atoms with Gasteiger partial charge in [0.1, 0.15) is 17.7 Å². The standard InChI is InChI=1S/C12H17FN2O2/c1-9(7-15-12(16)8-14-2)17-11-5-3-10(13)4-6-11/h3-6,9,14H,7-8H2,1-2H3,(H,15,16). The quantitative estimate of drug-likeness (QED) is 0.777. The summed E-state index contributed by atoms with van der Waals surface area (Å²) in [7, 11) is 1.71. The highest BCUT2D eigenvalue weighted by Gasteiger charge is 2.06. The molecule has 0 saturated heterocycles. The Balaban J connectivity index is 2.31. The number of likely N-dealkylation sites (N-methyl/N-ethyl adjacent to an activating group) is 1. The molecule has 0 spiro atoms. The summed E-state index contributed by atoms with van der Waals surface area (Å²) in [5.74, 6) is 0.205. The van der Waals surface area contributed by atoms with Crippen molar-refractivity contribution in [2.75, 3.05) is 20.1 Å². The van der Waals surface area contributed by atoms with E-state index in [2.05, 4.69) is 10.6 Å². The van der Waals surface area contributed by atoms with E-state index in [4.69, 9.17) is 4.74 Å². The molecule has 5 heteroatoms. The second-order valence-corrected chi connectivity index (χ2v) is 3.72. The van der Waals surface area contributed by atoms with Gasteiger partial charge < -0.3 is 15.4 Å². The van der Waals surface area contributed by atoms with E-state index in [-0.39, 0.29) is 24.4 Å². The molecule has 94 valence electrons. The predicted molar refractivity (Wildman–Crippen MR) is 63.4 cm³/mol. The summed E-state index contributed by atoms with van der Waals surface area (Å²) >= 11 is 0. The third-order valence-electron chi connectivity index (χ3n) is 2.07. The van der Waals surface area contributed by atoms with E-state index in [1.165, 1.54) is 12.1 Å². The van der Waals surface area contributed by atoms with E-state index in [1.807, 2.05) is 6.92 Å². The summed E-state index contributed by atoms with van der Waals surface area (Å²) in [6.07, 6.45) is -0.165. The normalized spacial score (nSPS) is 11.9. The highest BCUT2D eigenvalue weighted by molar-refractivity contribution is 5.77. The Hall–Kier alpha value is -1.62. The Labute approximate surface area is 100 Å². The molecule has 1 atom stereocenters. The molecule has 17 heavy (non-hydrogen) atoms. The minimum Gasteiger partial charge on any atom is -0.489 e. The molecule has 0 saturated carbocycles. The van der Waals surface area contributed by atoms with Gasteiger partial charge in [0.15, 0.2) is 0 Å². The van der Waals surface area contributed by atoms with Crippen molar-refractivity contribution in [2.45, 2.75) is 13.0 Å². The van der Waals surface area contributed by atoms with Gasteiger partial charge in [-0.25, -0.2) is 4.39 Å². The van der Waals surface area contributed by atoms with Crippen LogP contribution >= 0.6 is 0 Å². The van der Waals surface area contributed by atoms with E-state index >= 15 is 0 Å². The smallest absolute Gasteiger partial charge is 0.234 e. The van der Waals surface area contributed by atoms with Crippen LogP contribution in [-0.2, 0) is 4.79 Å². The number of amides is 1. The number of hydrogen-bond acceptors (Lipinski definition) is 3. The third-order valence-corrected chi connectivity index (χ3v) is 2.07. The molecule has 0 radical (unpaired) electrons. The summed E-state index contributed by atoms with van der Waals surface area (Å²) in [6.45, 7) is 2.53. The van der Waals surface area contributed by atoms with Gasteiger partial charge in [0.05, 0.1) is 13.1 Å².